The molecular weight excluding hydrogens is 427 g/mol. The zero-order valence-corrected chi connectivity index (χ0v) is 16.8. The third-order valence-corrected chi connectivity index (χ3v) is 6.06. The van der Waals surface area contributed by atoms with Crippen molar-refractivity contribution < 1.29 is 27.8 Å². The molecule has 2 atom stereocenters. The van der Waals surface area contributed by atoms with Gasteiger partial charge in [0.2, 0.25) is 0 Å². The second kappa shape index (κ2) is 7.52. The van der Waals surface area contributed by atoms with Gasteiger partial charge in [0.15, 0.2) is 5.65 Å². The number of aromatic nitrogens is 4. The first-order chi connectivity index (χ1) is 15.3. The molecule has 2 aliphatic rings. The summed E-state index contributed by atoms with van der Waals surface area (Å²) in [5.41, 5.74) is -0.550. The van der Waals surface area contributed by atoms with Crippen LogP contribution in [-0.2, 0) is 16.5 Å². The lowest BCUT2D eigenvalue weighted by molar-refractivity contribution is -0.141. The summed E-state index contributed by atoms with van der Waals surface area (Å²) >= 11 is 0. The fraction of sp³-hybridized carbons (Fsp3) is 0.429. The molecule has 1 saturated carbocycles. The lowest BCUT2D eigenvalue weighted by Crippen LogP contribution is -2.58. The topological polar surface area (TPSA) is 102 Å². The zero-order chi connectivity index (χ0) is 22.5. The molecule has 0 aromatic carbocycles. The highest BCUT2D eigenvalue weighted by Gasteiger charge is 2.45. The van der Waals surface area contributed by atoms with Gasteiger partial charge in [-0.1, -0.05) is 6.07 Å². The Morgan fingerprint density at radius 3 is 2.69 bits per heavy atom. The number of aliphatic hydroxyl groups excluding tert-OH is 1. The Morgan fingerprint density at radius 2 is 2.03 bits per heavy atom. The summed E-state index contributed by atoms with van der Waals surface area (Å²) in [7, 11) is 0. The van der Waals surface area contributed by atoms with Crippen LogP contribution >= 0.6 is 0 Å². The highest BCUT2D eigenvalue weighted by Crippen LogP contribution is 2.39. The molecule has 1 amide bonds. The molecule has 2 N–H and O–H groups in total. The Labute approximate surface area is 180 Å². The van der Waals surface area contributed by atoms with Gasteiger partial charge in [-0.05, 0) is 36.0 Å². The van der Waals surface area contributed by atoms with Crippen molar-refractivity contribution in [1.82, 2.24) is 24.9 Å². The number of aliphatic hydroxyl groups is 1. The summed E-state index contributed by atoms with van der Waals surface area (Å²) in [5.74, 6) is -0.0753. The Hall–Kier alpha value is -3.05. The normalized spacial score (nSPS) is 23.9. The minimum absolute atomic E-state index is 0.0843. The van der Waals surface area contributed by atoms with Crippen molar-refractivity contribution in [3.8, 4) is 0 Å². The third-order valence-electron chi connectivity index (χ3n) is 6.06. The van der Waals surface area contributed by atoms with E-state index >= 15 is 0 Å². The number of hydrogen-bond donors (Lipinski definition) is 2. The van der Waals surface area contributed by atoms with Crippen molar-refractivity contribution >= 4 is 11.6 Å². The molecule has 2 fully saturated rings. The van der Waals surface area contributed by atoms with E-state index in [4.69, 9.17) is 4.74 Å². The van der Waals surface area contributed by atoms with Gasteiger partial charge in [0.25, 0.3) is 5.91 Å². The molecule has 0 spiro atoms. The van der Waals surface area contributed by atoms with Crippen LogP contribution in [0.3, 0.4) is 0 Å². The van der Waals surface area contributed by atoms with Crippen molar-refractivity contribution in [2.45, 2.75) is 43.0 Å². The molecule has 4 heterocycles. The van der Waals surface area contributed by atoms with E-state index in [1.54, 1.807) is 6.20 Å². The van der Waals surface area contributed by atoms with Crippen molar-refractivity contribution in [3.05, 3.63) is 59.3 Å². The lowest BCUT2D eigenvalue weighted by atomic mass is 9.81. The largest absolute Gasteiger partial charge is 0.433 e. The fourth-order valence-corrected chi connectivity index (χ4v) is 4.06. The predicted molar refractivity (Wildman–Crippen MR) is 105 cm³/mol. The van der Waals surface area contributed by atoms with Crippen LogP contribution in [0.4, 0.5) is 13.2 Å². The fourth-order valence-electron chi connectivity index (χ4n) is 4.06. The maximum absolute atomic E-state index is 13.2. The Kier molecular flexibility index (Phi) is 4.90. The number of hydrogen-bond acceptors (Lipinski definition) is 6. The molecular formula is C21H20F3N5O3. The highest BCUT2D eigenvalue weighted by molar-refractivity contribution is 6.00. The minimum atomic E-state index is -4.59. The van der Waals surface area contributed by atoms with Crippen LogP contribution in [0.2, 0.25) is 0 Å². The van der Waals surface area contributed by atoms with Gasteiger partial charge in [0, 0.05) is 31.6 Å². The first-order valence-corrected chi connectivity index (χ1v) is 10.2. The number of nitrogens with one attached hydrogen (secondary N) is 1. The molecule has 3 aromatic rings. The van der Waals surface area contributed by atoms with Crippen molar-refractivity contribution in [1.29, 1.82) is 0 Å². The standard InChI is InChI=1S/C21H20F3N5O3/c22-21(23,24)16-4-3-14(8-25-16)20(5-6-32-11-17(20)30)28-19(31)15-9-27-29-10-13(12-1-2-12)7-26-18(15)29/h3-4,7-10,12,17,30H,1-2,5-6,11H2,(H,28,31)/t17-,20-/m0/s1. The summed E-state index contributed by atoms with van der Waals surface area (Å²) in [6.07, 6.45) is 2.58. The van der Waals surface area contributed by atoms with E-state index in [1.807, 2.05) is 6.20 Å². The van der Waals surface area contributed by atoms with E-state index in [2.05, 4.69) is 20.4 Å². The third kappa shape index (κ3) is 3.61. The number of nitrogens with zero attached hydrogens (tertiary/aromatic N) is 4. The minimum Gasteiger partial charge on any atom is -0.388 e. The monoisotopic (exact) mass is 447 g/mol. The van der Waals surface area contributed by atoms with Crippen LogP contribution in [0.5, 0.6) is 0 Å². The SMILES string of the molecule is O=C(N[C@]1(c2ccc(C(F)(F)F)nc2)CCOC[C@@H]1O)c1cnn2cc(C3CC3)cnc12. The number of ether oxygens (including phenoxy) is 1. The summed E-state index contributed by atoms with van der Waals surface area (Å²) in [4.78, 5) is 21.1. The Bertz CT molecular complexity index is 1160. The van der Waals surface area contributed by atoms with Gasteiger partial charge < -0.3 is 15.2 Å². The van der Waals surface area contributed by atoms with Crippen molar-refractivity contribution in [2.24, 2.45) is 0 Å². The molecule has 32 heavy (non-hydrogen) atoms. The summed E-state index contributed by atoms with van der Waals surface area (Å²) in [5, 5.41) is 17.8. The van der Waals surface area contributed by atoms with Gasteiger partial charge in [-0.15, -0.1) is 0 Å². The molecule has 11 heteroatoms. The quantitative estimate of drug-likeness (QED) is 0.637. The van der Waals surface area contributed by atoms with Gasteiger partial charge in [0.05, 0.1) is 18.3 Å². The Morgan fingerprint density at radius 1 is 1.22 bits per heavy atom. The van der Waals surface area contributed by atoms with Crippen molar-refractivity contribution in [3.63, 3.8) is 0 Å². The summed E-state index contributed by atoms with van der Waals surface area (Å²) < 4.78 is 45.7. The average Bonchev–Trinajstić information content (AvgIpc) is 3.53. The van der Waals surface area contributed by atoms with E-state index in [-0.39, 0.29) is 30.8 Å². The van der Waals surface area contributed by atoms with Gasteiger partial charge in [0.1, 0.15) is 17.4 Å². The van der Waals surface area contributed by atoms with E-state index in [0.29, 0.717) is 11.6 Å². The van der Waals surface area contributed by atoms with Gasteiger partial charge in [-0.25, -0.2) is 9.50 Å². The molecule has 0 radical (unpaired) electrons. The maximum atomic E-state index is 13.2. The number of halogens is 3. The molecule has 168 valence electrons. The number of fused-ring (bicyclic) bond motifs is 1. The van der Waals surface area contributed by atoms with Crippen LogP contribution in [0.25, 0.3) is 5.65 Å². The number of pyridine rings is 1. The van der Waals surface area contributed by atoms with Gasteiger partial charge >= 0.3 is 6.18 Å². The highest BCUT2D eigenvalue weighted by atomic mass is 19.4. The number of alkyl halides is 3. The average molecular weight is 447 g/mol. The van der Waals surface area contributed by atoms with E-state index in [9.17, 15) is 23.1 Å². The Balaban J connectivity index is 1.48. The smallest absolute Gasteiger partial charge is 0.388 e. The first kappa shape index (κ1) is 20.8. The molecule has 1 aliphatic heterocycles. The maximum Gasteiger partial charge on any atom is 0.433 e. The van der Waals surface area contributed by atoms with Gasteiger partial charge in [-0.3, -0.25) is 9.78 Å². The summed E-state index contributed by atoms with van der Waals surface area (Å²) in [6, 6.07) is 2.06. The van der Waals surface area contributed by atoms with E-state index in [0.717, 1.165) is 30.7 Å². The number of carbonyl (C=O) groups excluding carboxylic acids is 1. The second-order valence-corrected chi connectivity index (χ2v) is 8.18. The number of rotatable bonds is 4. The number of amides is 1. The zero-order valence-electron chi connectivity index (χ0n) is 16.8. The molecule has 0 unspecified atom stereocenters. The van der Waals surface area contributed by atoms with Crippen LogP contribution < -0.4 is 5.32 Å². The molecule has 1 saturated heterocycles. The number of carbonyl (C=O) groups is 1. The first-order valence-electron chi connectivity index (χ1n) is 10.2. The van der Waals surface area contributed by atoms with Gasteiger partial charge in [-0.2, -0.15) is 18.3 Å². The van der Waals surface area contributed by atoms with Crippen LogP contribution in [0, 0.1) is 0 Å². The molecule has 8 nitrogen and oxygen atoms in total. The lowest BCUT2D eigenvalue weighted by Gasteiger charge is -2.42. The molecule has 0 bridgehead atoms. The second-order valence-electron chi connectivity index (χ2n) is 8.18. The van der Waals surface area contributed by atoms with E-state index in [1.165, 1.54) is 16.8 Å². The van der Waals surface area contributed by atoms with Crippen molar-refractivity contribution in [2.75, 3.05) is 13.2 Å². The predicted octanol–water partition coefficient (Wildman–Crippen LogP) is 2.43. The molecule has 3 aromatic heterocycles. The van der Waals surface area contributed by atoms with Crippen LogP contribution in [0.15, 0.2) is 36.9 Å². The summed E-state index contributed by atoms with van der Waals surface area (Å²) in [6.45, 7) is 0.120. The van der Waals surface area contributed by atoms with E-state index < -0.39 is 29.4 Å². The molecule has 1 aliphatic carbocycles. The van der Waals surface area contributed by atoms with Crippen LogP contribution in [0.1, 0.15) is 52.4 Å². The van der Waals surface area contributed by atoms with Crippen LogP contribution in [-0.4, -0.2) is 49.9 Å². The molecule has 5 rings (SSSR count).